The first-order valence-corrected chi connectivity index (χ1v) is 9.46. The van der Waals surface area contributed by atoms with Crippen LogP contribution in [0.4, 0.5) is 5.69 Å². The molecule has 0 radical (unpaired) electrons. The highest BCUT2D eigenvalue weighted by Gasteiger charge is 2.23. The van der Waals surface area contributed by atoms with Gasteiger partial charge in [-0.3, -0.25) is 4.72 Å². The van der Waals surface area contributed by atoms with Crippen LogP contribution >= 0.6 is 0 Å². The number of ether oxygens (including phenoxy) is 2. The first kappa shape index (κ1) is 20.5. The van der Waals surface area contributed by atoms with Gasteiger partial charge in [-0.15, -0.1) is 0 Å². The van der Waals surface area contributed by atoms with Crippen LogP contribution in [-0.4, -0.2) is 38.7 Å². The van der Waals surface area contributed by atoms with Crippen molar-refractivity contribution in [3.05, 3.63) is 41.6 Å². The van der Waals surface area contributed by atoms with Gasteiger partial charge in [0.15, 0.2) is 0 Å². The van der Waals surface area contributed by atoms with E-state index in [2.05, 4.69) is 9.71 Å². The first-order chi connectivity index (χ1) is 12.5. The van der Waals surface area contributed by atoms with Gasteiger partial charge in [0.1, 0.15) is 17.0 Å². The molecule has 2 aromatic rings. The summed E-state index contributed by atoms with van der Waals surface area (Å²) in [5.74, 6) is -1.12. The fraction of sp³-hybridized carbons (Fsp3) is 0.333. The second kappa shape index (κ2) is 7.43. The molecule has 0 saturated carbocycles. The van der Waals surface area contributed by atoms with Gasteiger partial charge in [0.2, 0.25) is 5.88 Å². The Bertz CT molecular complexity index is 964. The summed E-state index contributed by atoms with van der Waals surface area (Å²) in [7, 11) is -1.39. The molecule has 146 valence electrons. The number of hydrogen-bond acceptors (Lipinski definition) is 6. The van der Waals surface area contributed by atoms with Gasteiger partial charge in [0.25, 0.3) is 10.0 Å². The predicted octanol–water partition coefficient (Wildman–Crippen LogP) is 2.90. The maximum absolute atomic E-state index is 12.8. The molecule has 9 heteroatoms. The zero-order chi connectivity index (χ0) is 20.4. The van der Waals surface area contributed by atoms with Gasteiger partial charge >= 0.3 is 5.97 Å². The Morgan fingerprint density at radius 3 is 2.33 bits per heavy atom. The first-order valence-electron chi connectivity index (χ1n) is 7.98. The molecule has 2 rings (SSSR count). The number of carboxylic acid groups (broad SMARTS) is 1. The number of benzene rings is 1. The van der Waals surface area contributed by atoms with Crippen LogP contribution in [-0.2, 0) is 15.4 Å². The average Bonchev–Trinajstić information content (AvgIpc) is 2.59. The van der Waals surface area contributed by atoms with E-state index in [4.69, 9.17) is 9.47 Å². The summed E-state index contributed by atoms with van der Waals surface area (Å²) in [6.45, 7) is 5.91. The molecule has 0 amide bonds. The summed E-state index contributed by atoms with van der Waals surface area (Å²) < 4.78 is 38.1. The molecule has 0 bridgehead atoms. The van der Waals surface area contributed by atoms with Crippen LogP contribution in [0.1, 0.15) is 36.7 Å². The molecule has 0 aliphatic carbocycles. The van der Waals surface area contributed by atoms with Crippen LogP contribution in [0.5, 0.6) is 11.6 Å². The second-order valence-electron chi connectivity index (χ2n) is 6.80. The van der Waals surface area contributed by atoms with Gasteiger partial charge in [-0.2, -0.15) is 0 Å². The van der Waals surface area contributed by atoms with Crippen molar-refractivity contribution in [2.45, 2.75) is 31.1 Å². The molecule has 1 heterocycles. The molecular formula is C18H22N2O6S. The lowest BCUT2D eigenvalue weighted by Crippen LogP contribution is -2.17. The Labute approximate surface area is 158 Å². The highest BCUT2D eigenvalue weighted by molar-refractivity contribution is 7.92. The predicted molar refractivity (Wildman–Crippen MR) is 100 cm³/mol. The number of methoxy groups -OCH3 is 2. The number of pyridine rings is 1. The molecular weight excluding hydrogens is 372 g/mol. The topological polar surface area (TPSA) is 115 Å². The van der Waals surface area contributed by atoms with Gasteiger partial charge in [-0.25, -0.2) is 18.2 Å². The number of nitrogens with zero attached hydrogens (tertiary/aromatic N) is 1. The number of nitrogens with one attached hydrogen (secondary N) is 1. The third kappa shape index (κ3) is 4.48. The number of rotatable bonds is 6. The Morgan fingerprint density at radius 1 is 1.15 bits per heavy atom. The van der Waals surface area contributed by atoms with Gasteiger partial charge in [-0.05, 0) is 35.2 Å². The molecule has 0 atom stereocenters. The van der Waals surface area contributed by atoms with Crippen LogP contribution in [0.2, 0.25) is 0 Å². The number of anilines is 1. The molecule has 0 aliphatic rings. The van der Waals surface area contributed by atoms with Crippen molar-refractivity contribution in [3.63, 3.8) is 0 Å². The van der Waals surface area contributed by atoms with Crippen LogP contribution in [0.25, 0.3) is 0 Å². The summed E-state index contributed by atoms with van der Waals surface area (Å²) in [6.07, 6.45) is 1.62. The smallest absolute Gasteiger partial charge is 0.339 e. The summed E-state index contributed by atoms with van der Waals surface area (Å²) in [6, 6.07) is 5.24. The third-order valence-electron chi connectivity index (χ3n) is 3.87. The van der Waals surface area contributed by atoms with E-state index >= 15 is 0 Å². The molecule has 27 heavy (non-hydrogen) atoms. The maximum atomic E-state index is 12.8. The van der Waals surface area contributed by atoms with Crippen molar-refractivity contribution in [2.75, 3.05) is 18.9 Å². The molecule has 0 aliphatic heterocycles. The Hall–Kier alpha value is -2.81. The van der Waals surface area contributed by atoms with Crippen molar-refractivity contribution >= 4 is 21.7 Å². The van der Waals surface area contributed by atoms with Crippen molar-refractivity contribution in [1.29, 1.82) is 0 Å². The highest BCUT2D eigenvalue weighted by Crippen LogP contribution is 2.31. The highest BCUT2D eigenvalue weighted by atomic mass is 32.2. The quantitative estimate of drug-likeness (QED) is 0.774. The Balaban J connectivity index is 2.50. The average molecular weight is 394 g/mol. The summed E-state index contributed by atoms with van der Waals surface area (Å²) >= 11 is 0. The van der Waals surface area contributed by atoms with Crippen LogP contribution < -0.4 is 14.2 Å². The number of hydrogen-bond donors (Lipinski definition) is 2. The lowest BCUT2D eigenvalue weighted by Gasteiger charge is -2.20. The minimum atomic E-state index is -4.08. The Morgan fingerprint density at radius 2 is 1.81 bits per heavy atom. The van der Waals surface area contributed by atoms with E-state index in [1.807, 2.05) is 20.8 Å². The fourth-order valence-corrected chi connectivity index (χ4v) is 3.40. The molecule has 0 saturated heterocycles. The molecule has 0 spiro atoms. The van der Waals surface area contributed by atoms with E-state index in [9.17, 15) is 18.3 Å². The normalized spacial score (nSPS) is 11.7. The van der Waals surface area contributed by atoms with Gasteiger partial charge in [0.05, 0.1) is 19.1 Å². The largest absolute Gasteiger partial charge is 0.496 e. The third-order valence-corrected chi connectivity index (χ3v) is 5.23. The molecule has 2 N–H and O–H groups in total. The van der Waals surface area contributed by atoms with Crippen LogP contribution in [0.3, 0.4) is 0 Å². The summed E-state index contributed by atoms with van der Waals surface area (Å²) in [5, 5.41) is 9.26. The number of aromatic carboxylic acids is 1. The molecule has 1 aromatic heterocycles. The Kier molecular flexibility index (Phi) is 5.65. The van der Waals surface area contributed by atoms with E-state index < -0.39 is 16.0 Å². The standard InChI is InChI=1S/C18H22N2O6S/c1-18(2,3)11-8-14(16(26-5)19-10-11)20-27(23,24)12-6-7-15(25-4)13(9-12)17(21)22/h6-10,20H,1-5H3,(H,21,22). The van der Waals surface area contributed by atoms with E-state index in [-0.39, 0.29) is 33.2 Å². The number of carbonyl (C=O) groups is 1. The van der Waals surface area contributed by atoms with Crippen LogP contribution in [0, 0.1) is 0 Å². The lowest BCUT2D eigenvalue weighted by atomic mass is 9.88. The SMILES string of the molecule is COc1ccc(S(=O)(=O)Nc2cc(C(C)(C)C)cnc2OC)cc1C(=O)O. The van der Waals surface area contributed by atoms with E-state index in [0.717, 1.165) is 11.6 Å². The van der Waals surface area contributed by atoms with E-state index in [1.165, 1.54) is 26.4 Å². The molecule has 0 fully saturated rings. The minimum Gasteiger partial charge on any atom is -0.496 e. The fourth-order valence-electron chi connectivity index (χ4n) is 2.32. The number of sulfonamides is 1. The second-order valence-corrected chi connectivity index (χ2v) is 8.49. The van der Waals surface area contributed by atoms with Gasteiger partial charge < -0.3 is 14.6 Å². The molecule has 8 nitrogen and oxygen atoms in total. The van der Waals surface area contributed by atoms with Crippen molar-refractivity contribution < 1.29 is 27.8 Å². The van der Waals surface area contributed by atoms with E-state index in [0.29, 0.717) is 0 Å². The van der Waals surface area contributed by atoms with Crippen molar-refractivity contribution in [2.24, 2.45) is 0 Å². The number of aromatic nitrogens is 1. The monoisotopic (exact) mass is 394 g/mol. The zero-order valence-corrected chi connectivity index (χ0v) is 16.5. The molecule has 0 unspecified atom stereocenters. The summed E-state index contributed by atoms with van der Waals surface area (Å²) in [5.41, 5.74) is 0.462. The van der Waals surface area contributed by atoms with Crippen LogP contribution in [0.15, 0.2) is 35.4 Å². The van der Waals surface area contributed by atoms with Crippen molar-refractivity contribution in [1.82, 2.24) is 4.98 Å². The van der Waals surface area contributed by atoms with Gasteiger partial charge in [-0.1, -0.05) is 20.8 Å². The van der Waals surface area contributed by atoms with E-state index in [1.54, 1.807) is 12.3 Å². The van der Waals surface area contributed by atoms with Crippen molar-refractivity contribution in [3.8, 4) is 11.6 Å². The molecule has 1 aromatic carbocycles. The summed E-state index contributed by atoms with van der Waals surface area (Å²) in [4.78, 5) is 15.3. The van der Waals surface area contributed by atoms with Gasteiger partial charge in [0, 0.05) is 6.20 Å². The minimum absolute atomic E-state index is 0.0652. The number of carboxylic acids is 1. The zero-order valence-electron chi connectivity index (χ0n) is 15.7. The maximum Gasteiger partial charge on any atom is 0.339 e. The lowest BCUT2D eigenvalue weighted by molar-refractivity contribution is 0.0693.